The van der Waals surface area contributed by atoms with Gasteiger partial charge >= 0.3 is 5.97 Å². The van der Waals surface area contributed by atoms with Crippen LogP contribution in [0.3, 0.4) is 0 Å². The zero-order valence-electron chi connectivity index (χ0n) is 16.2. The van der Waals surface area contributed by atoms with Gasteiger partial charge in [0.05, 0.1) is 29.0 Å². The molecule has 0 atom stereocenters. The number of nitrogens with zero attached hydrogens (tertiary/aromatic N) is 1. The first-order valence-electron chi connectivity index (χ1n) is 9.20. The molecule has 0 aromatic heterocycles. The summed E-state index contributed by atoms with van der Waals surface area (Å²) in [6.07, 6.45) is 1.48. The summed E-state index contributed by atoms with van der Waals surface area (Å²) in [4.78, 5) is 24.3. The van der Waals surface area contributed by atoms with Crippen molar-refractivity contribution >= 4 is 29.7 Å². The molecule has 0 spiro atoms. The van der Waals surface area contributed by atoms with E-state index in [1.165, 1.54) is 6.21 Å². The van der Waals surface area contributed by atoms with E-state index in [4.69, 9.17) is 21.1 Å². The van der Waals surface area contributed by atoms with Gasteiger partial charge in [-0.25, -0.2) is 10.2 Å². The molecule has 0 aliphatic rings. The fourth-order valence-corrected chi connectivity index (χ4v) is 2.73. The molecule has 0 bridgehead atoms. The van der Waals surface area contributed by atoms with Crippen LogP contribution in [0.2, 0.25) is 5.02 Å². The molecule has 152 valence electrons. The van der Waals surface area contributed by atoms with Gasteiger partial charge in [0.15, 0.2) is 0 Å². The topological polar surface area (TPSA) is 77.0 Å². The van der Waals surface area contributed by atoms with Crippen LogP contribution in [0.4, 0.5) is 0 Å². The monoisotopic (exact) mass is 422 g/mol. The number of hydrogen-bond donors (Lipinski definition) is 1. The molecular formula is C23H19ClN2O4. The molecule has 6 nitrogen and oxygen atoms in total. The maximum absolute atomic E-state index is 12.2. The number of ether oxygens (including phenoxy) is 2. The van der Waals surface area contributed by atoms with Gasteiger partial charge in [-0.3, -0.25) is 4.79 Å². The van der Waals surface area contributed by atoms with Crippen molar-refractivity contribution in [3.63, 3.8) is 0 Å². The van der Waals surface area contributed by atoms with Crippen LogP contribution in [0.1, 0.15) is 33.2 Å². The molecule has 0 saturated heterocycles. The van der Waals surface area contributed by atoms with E-state index in [0.29, 0.717) is 34.3 Å². The van der Waals surface area contributed by atoms with E-state index >= 15 is 0 Å². The van der Waals surface area contributed by atoms with Crippen LogP contribution < -0.4 is 14.9 Å². The van der Waals surface area contributed by atoms with E-state index in [1.54, 1.807) is 72.8 Å². The van der Waals surface area contributed by atoms with Gasteiger partial charge in [0.2, 0.25) is 0 Å². The summed E-state index contributed by atoms with van der Waals surface area (Å²) < 4.78 is 10.7. The second-order valence-corrected chi connectivity index (χ2v) is 6.50. The Labute approximate surface area is 179 Å². The number of hydrazone groups is 1. The van der Waals surface area contributed by atoms with Crippen LogP contribution in [-0.4, -0.2) is 24.7 Å². The molecule has 1 amide bonds. The summed E-state index contributed by atoms with van der Waals surface area (Å²) in [7, 11) is 0. The van der Waals surface area contributed by atoms with Gasteiger partial charge in [-0.05, 0) is 73.2 Å². The maximum Gasteiger partial charge on any atom is 0.343 e. The second-order valence-electron chi connectivity index (χ2n) is 6.09. The van der Waals surface area contributed by atoms with Gasteiger partial charge in [-0.15, -0.1) is 0 Å². The predicted molar refractivity (Wildman–Crippen MR) is 116 cm³/mol. The van der Waals surface area contributed by atoms with Gasteiger partial charge in [-0.1, -0.05) is 23.7 Å². The lowest BCUT2D eigenvalue weighted by molar-refractivity contribution is 0.0734. The highest BCUT2D eigenvalue weighted by atomic mass is 35.5. The van der Waals surface area contributed by atoms with E-state index in [9.17, 15) is 9.59 Å². The van der Waals surface area contributed by atoms with Gasteiger partial charge < -0.3 is 9.47 Å². The standard InChI is InChI=1S/C23H19ClN2O4/c1-2-29-18-13-9-17(10-14-18)23(28)30-19-11-7-16(8-12-19)15-25-26-22(27)20-5-3-4-6-21(20)24/h3-15H,2H2,1H3,(H,26,27)/b25-15+. The van der Waals surface area contributed by atoms with Crippen LogP contribution in [0.15, 0.2) is 77.9 Å². The first kappa shape index (κ1) is 21.1. The largest absolute Gasteiger partial charge is 0.494 e. The number of carbonyl (C=O) groups excluding carboxylic acids is 2. The number of benzene rings is 3. The van der Waals surface area contributed by atoms with Crippen LogP contribution >= 0.6 is 11.6 Å². The van der Waals surface area contributed by atoms with Crippen molar-refractivity contribution in [3.05, 3.63) is 94.5 Å². The van der Waals surface area contributed by atoms with Crippen LogP contribution in [0, 0.1) is 0 Å². The Morgan fingerprint density at radius 3 is 2.30 bits per heavy atom. The zero-order chi connectivity index (χ0) is 21.3. The number of halogens is 1. The average Bonchev–Trinajstić information content (AvgIpc) is 2.76. The highest BCUT2D eigenvalue weighted by molar-refractivity contribution is 6.33. The Hall–Kier alpha value is -3.64. The number of carbonyl (C=O) groups is 2. The molecule has 0 radical (unpaired) electrons. The number of amides is 1. The quantitative estimate of drug-likeness (QED) is 0.258. The summed E-state index contributed by atoms with van der Waals surface area (Å²) >= 11 is 5.98. The summed E-state index contributed by atoms with van der Waals surface area (Å²) in [5.74, 6) is 0.217. The molecule has 0 fully saturated rings. The van der Waals surface area contributed by atoms with E-state index in [-0.39, 0.29) is 0 Å². The SMILES string of the molecule is CCOc1ccc(C(=O)Oc2ccc(/C=N/NC(=O)c3ccccc3Cl)cc2)cc1. The first-order valence-corrected chi connectivity index (χ1v) is 9.57. The molecule has 0 aliphatic heterocycles. The molecule has 7 heteroatoms. The first-order chi connectivity index (χ1) is 14.6. The minimum atomic E-state index is -0.466. The molecule has 0 heterocycles. The molecule has 3 aromatic rings. The number of esters is 1. The van der Waals surface area contributed by atoms with E-state index in [2.05, 4.69) is 10.5 Å². The van der Waals surface area contributed by atoms with E-state index in [1.807, 2.05) is 6.92 Å². The average molecular weight is 423 g/mol. The minimum absolute atomic E-state index is 0.341. The third kappa shape index (κ3) is 5.68. The van der Waals surface area contributed by atoms with Crippen molar-refractivity contribution in [2.24, 2.45) is 5.10 Å². The van der Waals surface area contributed by atoms with Gasteiger partial charge in [0, 0.05) is 0 Å². The summed E-state index contributed by atoms with van der Waals surface area (Å²) in [6.45, 7) is 2.45. The lowest BCUT2D eigenvalue weighted by atomic mass is 10.2. The van der Waals surface area contributed by atoms with E-state index in [0.717, 1.165) is 5.56 Å². The highest BCUT2D eigenvalue weighted by Gasteiger charge is 2.09. The maximum atomic E-state index is 12.2. The number of nitrogens with one attached hydrogen (secondary N) is 1. The fraction of sp³-hybridized carbons (Fsp3) is 0.0870. The van der Waals surface area contributed by atoms with Crippen molar-refractivity contribution in [1.82, 2.24) is 5.43 Å². The normalized spacial score (nSPS) is 10.6. The number of hydrogen-bond acceptors (Lipinski definition) is 5. The Kier molecular flexibility index (Phi) is 7.19. The van der Waals surface area contributed by atoms with Gasteiger partial charge in [-0.2, -0.15) is 5.10 Å². The minimum Gasteiger partial charge on any atom is -0.494 e. The lowest BCUT2D eigenvalue weighted by Gasteiger charge is -2.06. The number of rotatable bonds is 7. The summed E-state index contributed by atoms with van der Waals surface area (Å²) in [5, 5.41) is 4.27. The fourth-order valence-electron chi connectivity index (χ4n) is 2.51. The Morgan fingerprint density at radius 1 is 0.967 bits per heavy atom. The third-order valence-electron chi connectivity index (χ3n) is 3.99. The van der Waals surface area contributed by atoms with Crippen molar-refractivity contribution in [2.75, 3.05) is 6.61 Å². The van der Waals surface area contributed by atoms with E-state index < -0.39 is 11.9 Å². The molecule has 0 aliphatic carbocycles. The molecule has 3 aromatic carbocycles. The summed E-state index contributed by atoms with van der Waals surface area (Å²) in [5.41, 5.74) is 3.90. The zero-order valence-corrected chi connectivity index (χ0v) is 16.9. The predicted octanol–water partition coefficient (Wildman–Crippen LogP) is 4.72. The van der Waals surface area contributed by atoms with Crippen LogP contribution in [0.25, 0.3) is 0 Å². The third-order valence-corrected chi connectivity index (χ3v) is 4.32. The highest BCUT2D eigenvalue weighted by Crippen LogP contribution is 2.17. The molecule has 3 rings (SSSR count). The van der Waals surface area contributed by atoms with Crippen LogP contribution in [-0.2, 0) is 0 Å². The Bertz CT molecular complexity index is 1050. The Balaban J connectivity index is 1.55. The lowest BCUT2D eigenvalue weighted by Crippen LogP contribution is -2.17. The molecular weight excluding hydrogens is 404 g/mol. The van der Waals surface area contributed by atoms with Gasteiger partial charge in [0.25, 0.3) is 5.91 Å². The molecule has 1 N–H and O–H groups in total. The van der Waals surface area contributed by atoms with Crippen molar-refractivity contribution < 1.29 is 19.1 Å². The van der Waals surface area contributed by atoms with Crippen LogP contribution in [0.5, 0.6) is 11.5 Å². The van der Waals surface area contributed by atoms with Crippen molar-refractivity contribution in [2.45, 2.75) is 6.92 Å². The molecule has 30 heavy (non-hydrogen) atoms. The Morgan fingerprint density at radius 2 is 1.63 bits per heavy atom. The second kappa shape index (κ2) is 10.2. The molecule has 0 unspecified atom stereocenters. The van der Waals surface area contributed by atoms with Crippen molar-refractivity contribution in [1.29, 1.82) is 0 Å². The summed E-state index contributed by atoms with van der Waals surface area (Å²) in [6, 6.07) is 20.2. The smallest absolute Gasteiger partial charge is 0.343 e. The van der Waals surface area contributed by atoms with Crippen molar-refractivity contribution in [3.8, 4) is 11.5 Å². The molecule has 0 saturated carbocycles. The van der Waals surface area contributed by atoms with Gasteiger partial charge in [0.1, 0.15) is 11.5 Å².